The minimum Gasteiger partial charge on any atom is -0.496 e. The zero-order valence-electron chi connectivity index (χ0n) is 22.8. The number of nitrogens with zero attached hydrogens (tertiary/aromatic N) is 3. The van der Waals surface area contributed by atoms with E-state index in [0.717, 1.165) is 34.7 Å². The van der Waals surface area contributed by atoms with Crippen LogP contribution in [0.4, 0.5) is 10.1 Å². The molecule has 1 unspecified atom stereocenters. The molecular weight excluding hydrogens is 495 g/mol. The molecule has 1 atom stereocenters. The van der Waals surface area contributed by atoms with Crippen LogP contribution in [-0.4, -0.2) is 42.6 Å². The van der Waals surface area contributed by atoms with Gasteiger partial charge in [-0.3, -0.25) is 14.5 Å². The summed E-state index contributed by atoms with van der Waals surface area (Å²) in [5, 5.41) is 9.02. The number of benzene rings is 3. The molecule has 2 heterocycles. The number of rotatable bonds is 7. The van der Waals surface area contributed by atoms with Crippen molar-refractivity contribution in [3.63, 3.8) is 0 Å². The van der Waals surface area contributed by atoms with Crippen LogP contribution in [0, 0.1) is 25.1 Å². The lowest BCUT2D eigenvalue weighted by atomic mass is 9.79. The lowest BCUT2D eigenvalue weighted by Crippen LogP contribution is -2.50. The highest BCUT2D eigenvalue weighted by atomic mass is 19.1. The maximum Gasteiger partial charge on any atom is 0.260 e. The summed E-state index contributed by atoms with van der Waals surface area (Å²) in [7, 11) is 1.64. The Bertz CT molecular complexity index is 1450. The number of anilines is 1. The smallest absolute Gasteiger partial charge is 0.260 e. The average Bonchev–Trinajstić information content (AvgIpc) is 3.19. The number of carbonyl (C=O) groups excluding carboxylic acids is 2. The van der Waals surface area contributed by atoms with Crippen molar-refractivity contribution < 1.29 is 18.7 Å². The number of hydrogen-bond donors (Lipinski definition) is 1. The molecule has 39 heavy (non-hydrogen) atoms. The van der Waals surface area contributed by atoms with E-state index in [9.17, 15) is 14.0 Å². The van der Waals surface area contributed by atoms with E-state index in [1.54, 1.807) is 26.2 Å². The van der Waals surface area contributed by atoms with E-state index < -0.39 is 5.41 Å². The first-order valence-corrected chi connectivity index (χ1v) is 13.1. The van der Waals surface area contributed by atoms with E-state index in [0.29, 0.717) is 42.9 Å². The molecule has 2 amide bonds. The zero-order chi connectivity index (χ0) is 27.7. The van der Waals surface area contributed by atoms with Crippen LogP contribution >= 0.6 is 0 Å². The van der Waals surface area contributed by atoms with Crippen molar-refractivity contribution in [3.05, 3.63) is 94.3 Å². The van der Waals surface area contributed by atoms with Gasteiger partial charge in [0.2, 0.25) is 0 Å². The average molecular weight is 529 g/mol. The van der Waals surface area contributed by atoms with E-state index in [2.05, 4.69) is 15.3 Å². The van der Waals surface area contributed by atoms with E-state index >= 15 is 0 Å². The first-order chi connectivity index (χ1) is 18.7. The Morgan fingerprint density at radius 1 is 1.05 bits per heavy atom. The van der Waals surface area contributed by atoms with Crippen LogP contribution in [0.15, 0.2) is 65.8 Å². The van der Waals surface area contributed by atoms with Gasteiger partial charge in [0.25, 0.3) is 11.8 Å². The second-order valence-electron chi connectivity index (χ2n) is 10.6. The normalized spacial score (nSPS) is 19.1. The van der Waals surface area contributed by atoms with E-state index in [4.69, 9.17) is 4.74 Å². The molecule has 2 aliphatic rings. The Morgan fingerprint density at radius 2 is 1.79 bits per heavy atom. The molecule has 1 fully saturated rings. The topological polar surface area (TPSA) is 74.2 Å². The van der Waals surface area contributed by atoms with Gasteiger partial charge in [0.15, 0.2) is 0 Å². The molecule has 3 aromatic carbocycles. The van der Waals surface area contributed by atoms with Crippen molar-refractivity contribution in [1.82, 2.24) is 10.2 Å². The molecular formula is C31H33FN4O3. The highest BCUT2D eigenvalue weighted by Gasteiger charge is 2.50. The molecule has 0 spiro atoms. The number of ether oxygens (including phenoxy) is 1. The number of carbonyl (C=O) groups is 2. The second-order valence-corrected chi connectivity index (χ2v) is 10.6. The predicted molar refractivity (Wildman–Crippen MR) is 149 cm³/mol. The van der Waals surface area contributed by atoms with Crippen LogP contribution in [0.5, 0.6) is 5.75 Å². The van der Waals surface area contributed by atoms with Crippen LogP contribution in [0.1, 0.15) is 46.0 Å². The Morgan fingerprint density at radius 3 is 2.51 bits per heavy atom. The molecule has 0 radical (unpaired) electrons. The van der Waals surface area contributed by atoms with Gasteiger partial charge < -0.3 is 10.1 Å². The van der Waals surface area contributed by atoms with Gasteiger partial charge in [0, 0.05) is 38.2 Å². The predicted octanol–water partition coefficient (Wildman–Crippen LogP) is 5.00. The van der Waals surface area contributed by atoms with Gasteiger partial charge >= 0.3 is 0 Å². The van der Waals surface area contributed by atoms with Crippen LogP contribution in [-0.2, 0) is 17.9 Å². The fraction of sp³-hybridized carbons (Fsp3) is 0.323. The van der Waals surface area contributed by atoms with Crippen molar-refractivity contribution in [2.24, 2.45) is 10.5 Å². The molecule has 3 aromatic rings. The van der Waals surface area contributed by atoms with E-state index in [1.165, 1.54) is 11.1 Å². The third kappa shape index (κ3) is 5.29. The molecule has 202 valence electrons. The SMILES string of the molecule is COc1cc(CNC(=O)c2ccc(CN3CCC4=NN(c5ccc(F)c(C)c5)C(=O)C4(C)C3)cc2)ccc1C. The van der Waals surface area contributed by atoms with Crippen molar-refractivity contribution in [1.29, 1.82) is 0 Å². The monoisotopic (exact) mass is 528 g/mol. The summed E-state index contributed by atoms with van der Waals surface area (Å²) in [4.78, 5) is 28.4. The third-order valence-corrected chi connectivity index (χ3v) is 7.66. The van der Waals surface area contributed by atoms with Gasteiger partial charge in [-0.1, -0.05) is 24.3 Å². The fourth-order valence-corrected chi connectivity index (χ4v) is 5.26. The summed E-state index contributed by atoms with van der Waals surface area (Å²) >= 11 is 0. The molecule has 5 rings (SSSR count). The maximum atomic E-state index is 13.8. The minimum absolute atomic E-state index is 0.0913. The Balaban J connectivity index is 1.19. The highest BCUT2D eigenvalue weighted by Crippen LogP contribution is 2.38. The van der Waals surface area contributed by atoms with E-state index in [1.807, 2.05) is 56.3 Å². The number of aryl methyl sites for hydroxylation is 2. The molecule has 0 aliphatic carbocycles. The maximum absolute atomic E-state index is 13.8. The summed E-state index contributed by atoms with van der Waals surface area (Å²) < 4.78 is 19.1. The Labute approximate surface area is 228 Å². The summed E-state index contributed by atoms with van der Waals surface area (Å²) in [5.74, 6) is 0.267. The van der Waals surface area contributed by atoms with Gasteiger partial charge in [-0.25, -0.2) is 4.39 Å². The standard InChI is InChI=1S/C31H33FN4O3/c1-20-5-6-23(16-27(20)39-4)17-33-29(37)24-9-7-22(8-10-24)18-35-14-13-28-31(3,19-35)30(38)36(34-28)25-11-12-26(32)21(2)15-25/h5-12,15-16H,13-14,17-19H2,1-4H3,(H,33,37). The number of halogens is 1. The zero-order valence-corrected chi connectivity index (χ0v) is 22.8. The van der Waals surface area contributed by atoms with Crippen LogP contribution < -0.4 is 15.1 Å². The first-order valence-electron chi connectivity index (χ1n) is 13.1. The summed E-state index contributed by atoms with van der Waals surface area (Å²) in [6.07, 6.45) is 0.684. The van der Waals surface area contributed by atoms with E-state index in [-0.39, 0.29) is 17.6 Å². The second kappa shape index (κ2) is 10.6. The summed E-state index contributed by atoms with van der Waals surface area (Å²) in [6, 6.07) is 18.1. The quantitative estimate of drug-likeness (QED) is 0.469. The third-order valence-electron chi connectivity index (χ3n) is 7.66. The van der Waals surface area contributed by atoms with Gasteiger partial charge in [-0.15, -0.1) is 0 Å². The molecule has 1 N–H and O–H groups in total. The van der Waals surface area contributed by atoms with Crippen molar-refractivity contribution in [3.8, 4) is 5.75 Å². The number of likely N-dealkylation sites (tertiary alicyclic amines) is 1. The largest absolute Gasteiger partial charge is 0.496 e. The van der Waals surface area contributed by atoms with Crippen molar-refractivity contribution in [2.45, 2.75) is 40.3 Å². The molecule has 0 saturated carbocycles. The van der Waals surface area contributed by atoms with Crippen molar-refractivity contribution >= 4 is 23.2 Å². The highest BCUT2D eigenvalue weighted by molar-refractivity contribution is 6.19. The van der Waals surface area contributed by atoms with Crippen LogP contribution in [0.2, 0.25) is 0 Å². The first kappa shape index (κ1) is 26.6. The van der Waals surface area contributed by atoms with Crippen molar-refractivity contribution in [2.75, 3.05) is 25.2 Å². The summed E-state index contributed by atoms with van der Waals surface area (Å²) in [6.45, 7) is 8.00. The summed E-state index contributed by atoms with van der Waals surface area (Å²) in [5.41, 5.74) is 4.89. The molecule has 8 heteroatoms. The molecule has 0 aromatic heterocycles. The molecule has 7 nitrogen and oxygen atoms in total. The van der Waals surface area contributed by atoms with Gasteiger partial charge in [0.1, 0.15) is 17.0 Å². The fourth-order valence-electron chi connectivity index (χ4n) is 5.26. The number of hydrogen-bond acceptors (Lipinski definition) is 5. The number of piperidine rings is 1. The molecule has 0 bridgehead atoms. The Hall–Kier alpha value is -4.04. The molecule has 1 saturated heterocycles. The van der Waals surface area contributed by atoms with Gasteiger partial charge in [0.05, 0.1) is 18.5 Å². The number of amides is 2. The lowest BCUT2D eigenvalue weighted by Gasteiger charge is -2.37. The number of hydrazone groups is 1. The molecule has 2 aliphatic heterocycles. The van der Waals surface area contributed by atoms with Crippen LogP contribution in [0.25, 0.3) is 0 Å². The number of methoxy groups -OCH3 is 1. The lowest BCUT2D eigenvalue weighted by molar-refractivity contribution is -0.124. The minimum atomic E-state index is -0.723. The number of nitrogens with one attached hydrogen (secondary N) is 1. The van der Waals surface area contributed by atoms with Gasteiger partial charge in [-0.05, 0) is 79.4 Å². The van der Waals surface area contributed by atoms with Crippen LogP contribution in [0.3, 0.4) is 0 Å². The Kier molecular flexibility index (Phi) is 7.23. The number of fused-ring (bicyclic) bond motifs is 1. The van der Waals surface area contributed by atoms with Gasteiger partial charge in [-0.2, -0.15) is 10.1 Å².